The summed E-state index contributed by atoms with van der Waals surface area (Å²) in [6, 6.07) is 7.56. The highest BCUT2D eigenvalue weighted by Crippen LogP contribution is 2.15. The molecule has 0 saturated carbocycles. The van der Waals surface area contributed by atoms with E-state index in [0.717, 1.165) is 17.3 Å². The standard InChI is InChI=1S/C14H18N2O2/c1-2-7-16(8-9-17)14(18)12-3-4-13-11(10-12)5-6-15-13/h3-6,10,15,17H,2,7-9H2,1H3. The minimum atomic E-state index is -0.0194. The van der Waals surface area contributed by atoms with Gasteiger partial charge in [0.25, 0.3) is 5.91 Å². The number of aromatic amines is 1. The van der Waals surface area contributed by atoms with Crippen molar-refractivity contribution in [3.63, 3.8) is 0 Å². The molecule has 0 radical (unpaired) electrons. The van der Waals surface area contributed by atoms with Crippen molar-refractivity contribution in [1.82, 2.24) is 9.88 Å². The van der Waals surface area contributed by atoms with E-state index in [0.29, 0.717) is 18.7 Å². The average molecular weight is 246 g/mol. The highest BCUT2D eigenvalue weighted by molar-refractivity contribution is 5.98. The van der Waals surface area contributed by atoms with Crippen LogP contribution >= 0.6 is 0 Å². The molecule has 0 aliphatic carbocycles. The molecule has 1 heterocycles. The lowest BCUT2D eigenvalue weighted by Crippen LogP contribution is -2.34. The van der Waals surface area contributed by atoms with E-state index in [1.165, 1.54) is 0 Å². The molecule has 0 unspecified atom stereocenters. The normalized spacial score (nSPS) is 10.8. The van der Waals surface area contributed by atoms with Crippen LogP contribution in [0, 0.1) is 0 Å². The Bertz CT molecular complexity index is 527. The van der Waals surface area contributed by atoms with E-state index in [1.54, 1.807) is 4.90 Å². The van der Waals surface area contributed by atoms with Crippen molar-refractivity contribution < 1.29 is 9.90 Å². The summed E-state index contributed by atoms with van der Waals surface area (Å²) < 4.78 is 0. The van der Waals surface area contributed by atoms with Crippen LogP contribution in [0.15, 0.2) is 30.5 Å². The first-order valence-corrected chi connectivity index (χ1v) is 6.23. The molecular weight excluding hydrogens is 228 g/mol. The molecule has 0 saturated heterocycles. The van der Waals surface area contributed by atoms with E-state index in [9.17, 15) is 4.79 Å². The van der Waals surface area contributed by atoms with E-state index in [1.807, 2.05) is 37.4 Å². The van der Waals surface area contributed by atoms with Gasteiger partial charge in [0.05, 0.1) is 6.61 Å². The molecule has 0 spiro atoms. The first-order chi connectivity index (χ1) is 8.76. The maximum absolute atomic E-state index is 12.3. The first-order valence-electron chi connectivity index (χ1n) is 6.23. The number of hydrogen-bond donors (Lipinski definition) is 2. The van der Waals surface area contributed by atoms with Crippen molar-refractivity contribution in [3.8, 4) is 0 Å². The summed E-state index contributed by atoms with van der Waals surface area (Å²) in [5.41, 5.74) is 1.69. The fourth-order valence-corrected chi connectivity index (χ4v) is 2.07. The van der Waals surface area contributed by atoms with Gasteiger partial charge in [-0.1, -0.05) is 6.92 Å². The number of nitrogens with zero attached hydrogens (tertiary/aromatic N) is 1. The number of rotatable bonds is 5. The Hall–Kier alpha value is -1.81. The number of aliphatic hydroxyl groups is 1. The predicted molar refractivity (Wildman–Crippen MR) is 71.6 cm³/mol. The number of benzene rings is 1. The van der Waals surface area contributed by atoms with Crippen LogP contribution in [0.3, 0.4) is 0 Å². The quantitative estimate of drug-likeness (QED) is 0.848. The summed E-state index contributed by atoms with van der Waals surface area (Å²) in [5, 5.41) is 10.0. The van der Waals surface area contributed by atoms with E-state index in [-0.39, 0.29) is 12.5 Å². The summed E-state index contributed by atoms with van der Waals surface area (Å²) in [7, 11) is 0. The Morgan fingerprint density at radius 3 is 2.89 bits per heavy atom. The monoisotopic (exact) mass is 246 g/mol. The zero-order valence-electron chi connectivity index (χ0n) is 10.5. The molecular formula is C14H18N2O2. The molecule has 1 aromatic carbocycles. The van der Waals surface area contributed by atoms with Crippen molar-refractivity contribution in [2.75, 3.05) is 19.7 Å². The number of aromatic nitrogens is 1. The van der Waals surface area contributed by atoms with Crippen LogP contribution < -0.4 is 0 Å². The second-order valence-corrected chi connectivity index (χ2v) is 4.30. The Labute approximate surface area is 106 Å². The van der Waals surface area contributed by atoms with Crippen molar-refractivity contribution in [1.29, 1.82) is 0 Å². The number of fused-ring (bicyclic) bond motifs is 1. The topological polar surface area (TPSA) is 56.3 Å². The zero-order valence-corrected chi connectivity index (χ0v) is 10.5. The van der Waals surface area contributed by atoms with Gasteiger partial charge in [-0.2, -0.15) is 0 Å². The summed E-state index contributed by atoms with van der Waals surface area (Å²) in [5.74, 6) is -0.0194. The molecule has 4 nitrogen and oxygen atoms in total. The number of aliphatic hydroxyl groups excluding tert-OH is 1. The fourth-order valence-electron chi connectivity index (χ4n) is 2.07. The van der Waals surface area contributed by atoms with Crippen LogP contribution in [0.1, 0.15) is 23.7 Å². The van der Waals surface area contributed by atoms with Crippen molar-refractivity contribution in [2.24, 2.45) is 0 Å². The van der Waals surface area contributed by atoms with E-state index >= 15 is 0 Å². The molecule has 2 aromatic rings. The van der Waals surface area contributed by atoms with Gasteiger partial charge in [-0.15, -0.1) is 0 Å². The largest absolute Gasteiger partial charge is 0.395 e. The average Bonchev–Trinajstić information content (AvgIpc) is 2.84. The summed E-state index contributed by atoms with van der Waals surface area (Å²) in [6.07, 6.45) is 2.74. The van der Waals surface area contributed by atoms with Gasteiger partial charge in [0.15, 0.2) is 0 Å². The number of carbonyl (C=O) groups excluding carboxylic acids is 1. The number of H-pyrrole nitrogens is 1. The van der Waals surface area contributed by atoms with Crippen LogP contribution in [0.5, 0.6) is 0 Å². The lowest BCUT2D eigenvalue weighted by atomic mass is 10.1. The van der Waals surface area contributed by atoms with Gasteiger partial charge in [0.2, 0.25) is 0 Å². The van der Waals surface area contributed by atoms with Crippen LogP contribution in [0.4, 0.5) is 0 Å². The molecule has 96 valence electrons. The molecule has 2 N–H and O–H groups in total. The maximum atomic E-state index is 12.3. The van der Waals surface area contributed by atoms with Crippen molar-refractivity contribution in [2.45, 2.75) is 13.3 Å². The Kier molecular flexibility index (Phi) is 3.99. The smallest absolute Gasteiger partial charge is 0.253 e. The molecule has 1 aromatic heterocycles. The van der Waals surface area contributed by atoms with Gasteiger partial charge in [-0.3, -0.25) is 4.79 Å². The molecule has 0 aliphatic heterocycles. The Balaban J connectivity index is 2.24. The van der Waals surface area contributed by atoms with Gasteiger partial charge in [0.1, 0.15) is 0 Å². The minimum Gasteiger partial charge on any atom is -0.395 e. The van der Waals surface area contributed by atoms with Gasteiger partial charge in [-0.25, -0.2) is 0 Å². The number of amides is 1. The van der Waals surface area contributed by atoms with Crippen molar-refractivity contribution >= 4 is 16.8 Å². The molecule has 4 heteroatoms. The third-order valence-corrected chi connectivity index (χ3v) is 2.95. The first kappa shape index (κ1) is 12.6. The lowest BCUT2D eigenvalue weighted by Gasteiger charge is -2.21. The van der Waals surface area contributed by atoms with Gasteiger partial charge < -0.3 is 15.0 Å². The SMILES string of the molecule is CCCN(CCO)C(=O)c1ccc2[nH]ccc2c1. The van der Waals surface area contributed by atoms with E-state index < -0.39 is 0 Å². The summed E-state index contributed by atoms with van der Waals surface area (Å²) in [4.78, 5) is 17.1. The molecule has 18 heavy (non-hydrogen) atoms. The third kappa shape index (κ3) is 2.54. The fraction of sp³-hybridized carbons (Fsp3) is 0.357. The van der Waals surface area contributed by atoms with Crippen LogP contribution in [0.2, 0.25) is 0 Å². The van der Waals surface area contributed by atoms with Crippen LogP contribution in [0.25, 0.3) is 10.9 Å². The molecule has 1 amide bonds. The zero-order chi connectivity index (χ0) is 13.0. The van der Waals surface area contributed by atoms with Crippen molar-refractivity contribution in [3.05, 3.63) is 36.0 Å². The number of hydrogen-bond acceptors (Lipinski definition) is 2. The molecule has 0 aliphatic rings. The van der Waals surface area contributed by atoms with Gasteiger partial charge >= 0.3 is 0 Å². The number of nitrogens with one attached hydrogen (secondary N) is 1. The van der Waals surface area contributed by atoms with Gasteiger partial charge in [-0.05, 0) is 30.7 Å². The second-order valence-electron chi connectivity index (χ2n) is 4.30. The van der Waals surface area contributed by atoms with Crippen LogP contribution in [-0.2, 0) is 0 Å². The Morgan fingerprint density at radius 1 is 1.33 bits per heavy atom. The third-order valence-electron chi connectivity index (χ3n) is 2.95. The van der Waals surface area contributed by atoms with Gasteiger partial charge in [0, 0.05) is 35.8 Å². The van der Waals surface area contributed by atoms with E-state index in [2.05, 4.69) is 4.98 Å². The minimum absolute atomic E-state index is 0.00185. The summed E-state index contributed by atoms with van der Waals surface area (Å²) >= 11 is 0. The molecule has 2 rings (SSSR count). The predicted octanol–water partition coefficient (Wildman–Crippen LogP) is 2.01. The second kappa shape index (κ2) is 5.69. The highest BCUT2D eigenvalue weighted by Gasteiger charge is 2.14. The molecule has 0 atom stereocenters. The van der Waals surface area contributed by atoms with E-state index in [4.69, 9.17) is 5.11 Å². The molecule has 0 fully saturated rings. The summed E-state index contributed by atoms with van der Waals surface area (Å²) in [6.45, 7) is 3.08. The Morgan fingerprint density at radius 2 is 2.17 bits per heavy atom. The number of carbonyl (C=O) groups is 1. The lowest BCUT2D eigenvalue weighted by molar-refractivity contribution is 0.0722. The van der Waals surface area contributed by atoms with Crippen LogP contribution in [-0.4, -0.2) is 40.6 Å². The maximum Gasteiger partial charge on any atom is 0.253 e. The molecule has 0 bridgehead atoms. The highest BCUT2D eigenvalue weighted by atomic mass is 16.3.